The Bertz CT molecular complexity index is 700. The molecule has 0 amide bonds. The first-order valence-corrected chi connectivity index (χ1v) is 6.97. The van der Waals surface area contributed by atoms with Gasteiger partial charge >= 0.3 is 0 Å². The van der Waals surface area contributed by atoms with Gasteiger partial charge < -0.3 is 5.32 Å². The molecule has 0 fully saturated rings. The van der Waals surface area contributed by atoms with E-state index < -0.39 is 0 Å². The topological polar surface area (TPSA) is 60.6 Å². The SMILES string of the molecule is CCNC(c1cnn(C)c1)c1cnnn1-c1ccccc1. The lowest BCUT2D eigenvalue weighted by atomic mass is 10.1. The van der Waals surface area contributed by atoms with Crippen LogP contribution in [0, 0.1) is 0 Å². The lowest BCUT2D eigenvalue weighted by molar-refractivity contribution is 0.591. The molecule has 0 bridgehead atoms. The van der Waals surface area contributed by atoms with Crippen molar-refractivity contribution >= 4 is 0 Å². The maximum atomic E-state index is 4.26. The monoisotopic (exact) mass is 282 g/mol. The normalized spacial score (nSPS) is 12.5. The molecule has 21 heavy (non-hydrogen) atoms. The van der Waals surface area contributed by atoms with Crippen LogP contribution in [0.2, 0.25) is 0 Å². The van der Waals surface area contributed by atoms with Gasteiger partial charge in [0.25, 0.3) is 0 Å². The van der Waals surface area contributed by atoms with Crippen LogP contribution in [0.4, 0.5) is 0 Å². The van der Waals surface area contributed by atoms with E-state index in [1.807, 2.05) is 54.5 Å². The fraction of sp³-hybridized carbons (Fsp3) is 0.267. The Morgan fingerprint density at radius 2 is 2.00 bits per heavy atom. The second-order valence-corrected chi connectivity index (χ2v) is 4.84. The highest BCUT2D eigenvalue weighted by Gasteiger charge is 2.20. The average Bonchev–Trinajstić information content (AvgIpc) is 3.15. The molecule has 0 spiro atoms. The first-order valence-electron chi connectivity index (χ1n) is 6.97. The summed E-state index contributed by atoms with van der Waals surface area (Å²) in [4.78, 5) is 0. The van der Waals surface area contributed by atoms with E-state index in [-0.39, 0.29) is 6.04 Å². The van der Waals surface area contributed by atoms with E-state index in [4.69, 9.17) is 0 Å². The van der Waals surface area contributed by atoms with Gasteiger partial charge in [0.1, 0.15) is 0 Å². The highest BCUT2D eigenvalue weighted by molar-refractivity contribution is 5.34. The second kappa shape index (κ2) is 5.88. The summed E-state index contributed by atoms with van der Waals surface area (Å²) in [5.74, 6) is 0. The summed E-state index contributed by atoms with van der Waals surface area (Å²) in [6.45, 7) is 2.93. The van der Waals surface area contributed by atoms with Crippen LogP contribution in [-0.4, -0.2) is 31.3 Å². The highest BCUT2D eigenvalue weighted by atomic mass is 15.4. The van der Waals surface area contributed by atoms with Crippen molar-refractivity contribution in [1.82, 2.24) is 30.1 Å². The Morgan fingerprint density at radius 1 is 1.19 bits per heavy atom. The van der Waals surface area contributed by atoms with Crippen LogP contribution in [0.25, 0.3) is 5.69 Å². The van der Waals surface area contributed by atoms with Gasteiger partial charge in [-0.2, -0.15) is 5.10 Å². The molecule has 3 aromatic rings. The van der Waals surface area contributed by atoms with Gasteiger partial charge in [0.05, 0.1) is 29.8 Å². The third-order valence-corrected chi connectivity index (χ3v) is 3.34. The maximum absolute atomic E-state index is 4.26. The minimum absolute atomic E-state index is 0.0129. The van der Waals surface area contributed by atoms with Gasteiger partial charge in [0, 0.05) is 18.8 Å². The molecule has 0 aliphatic carbocycles. The molecule has 2 heterocycles. The fourth-order valence-corrected chi connectivity index (χ4v) is 2.40. The summed E-state index contributed by atoms with van der Waals surface area (Å²) < 4.78 is 3.66. The second-order valence-electron chi connectivity index (χ2n) is 4.84. The number of nitrogens with one attached hydrogen (secondary N) is 1. The van der Waals surface area contributed by atoms with Gasteiger partial charge in [0.15, 0.2) is 0 Å². The zero-order valence-corrected chi connectivity index (χ0v) is 12.1. The summed E-state index contributed by atoms with van der Waals surface area (Å²) >= 11 is 0. The van der Waals surface area contributed by atoms with Crippen molar-refractivity contribution in [2.75, 3.05) is 6.54 Å². The van der Waals surface area contributed by atoms with Crippen molar-refractivity contribution in [1.29, 1.82) is 0 Å². The van der Waals surface area contributed by atoms with Gasteiger partial charge in [-0.15, -0.1) is 5.10 Å². The predicted molar refractivity (Wildman–Crippen MR) is 80.1 cm³/mol. The van der Waals surface area contributed by atoms with Crippen molar-refractivity contribution in [2.24, 2.45) is 7.05 Å². The zero-order chi connectivity index (χ0) is 14.7. The molecule has 0 saturated heterocycles. The number of benzene rings is 1. The Balaban J connectivity index is 2.03. The molecule has 1 aromatic carbocycles. The van der Waals surface area contributed by atoms with E-state index in [1.54, 1.807) is 10.9 Å². The Hall–Kier alpha value is -2.47. The van der Waals surface area contributed by atoms with Crippen LogP contribution in [-0.2, 0) is 7.05 Å². The maximum Gasteiger partial charge on any atom is 0.0861 e. The molecule has 0 aliphatic heterocycles. The van der Waals surface area contributed by atoms with Crippen LogP contribution in [0.1, 0.15) is 24.2 Å². The lowest BCUT2D eigenvalue weighted by Gasteiger charge is -2.17. The molecule has 1 unspecified atom stereocenters. The molecule has 1 atom stereocenters. The predicted octanol–water partition coefficient (Wildman–Crippen LogP) is 1.70. The standard InChI is InChI=1S/C15H18N6/c1-3-16-15(12-9-18-20(2)11-12)14-10-17-19-21(14)13-7-5-4-6-8-13/h4-11,15-16H,3H2,1-2H3. The number of para-hydroxylation sites is 1. The minimum Gasteiger partial charge on any atom is -0.305 e. The molecule has 6 nitrogen and oxygen atoms in total. The van der Waals surface area contributed by atoms with E-state index >= 15 is 0 Å². The Kier molecular flexibility index (Phi) is 3.79. The Labute approximate surface area is 123 Å². The van der Waals surface area contributed by atoms with Crippen molar-refractivity contribution in [3.05, 3.63) is 60.2 Å². The van der Waals surface area contributed by atoms with Gasteiger partial charge in [-0.25, -0.2) is 4.68 Å². The molecular weight excluding hydrogens is 264 g/mol. The first-order chi connectivity index (χ1) is 10.3. The smallest absolute Gasteiger partial charge is 0.0861 e. The molecule has 3 rings (SSSR count). The van der Waals surface area contributed by atoms with Crippen LogP contribution >= 0.6 is 0 Å². The van der Waals surface area contributed by atoms with Crippen molar-refractivity contribution in [3.8, 4) is 5.69 Å². The molecule has 1 N–H and O–H groups in total. The van der Waals surface area contributed by atoms with Gasteiger partial charge in [-0.05, 0) is 18.7 Å². The highest BCUT2D eigenvalue weighted by Crippen LogP contribution is 2.22. The number of hydrogen-bond acceptors (Lipinski definition) is 4. The average molecular weight is 282 g/mol. The first kappa shape index (κ1) is 13.5. The summed E-state index contributed by atoms with van der Waals surface area (Å²) in [5.41, 5.74) is 3.09. The van der Waals surface area contributed by atoms with E-state index in [2.05, 4.69) is 27.7 Å². The van der Waals surface area contributed by atoms with Crippen molar-refractivity contribution in [2.45, 2.75) is 13.0 Å². The van der Waals surface area contributed by atoms with Crippen molar-refractivity contribution < 1.29 is 0 Å². The van der Waals surface area contributed by atoms with Crippen LogP contribution in [0.5, 0.6) is 0 Å². The third kappa shape index (κ3) is 2.71. The van der Waals surface area contributed by atoms with Crippen molar-refractivity contribution in [3.63, 3.8) is 0 Å². The third-order valence-electron chi connectivity index (χ3n) is 3.34. The summed E-state index contributed by atoms with van der Waals surface area (Å²) in [5, 5.41) is 16.0. The van der Waals surface area contributed by atoms with E-state index in [0.29, 0.717) is 0 Å². The molecule has 0 radical (unpaired) electrons. The molecular formula is C15H18N6. The zero-order valence-electron chi connectivity index (χ0n) is 12.1. The minimum atomic E-state index is 0.0129. The lowest BCUT2D eigenvalue weighted by Crippen LogP contribution is -2.24. The molecule has 0 aliphatic rings. The summed E-state index contributed by atoms with van der Waals surface area (Å²) in [6, 6.07) is 10.0. The van der Waals surface area contributed by atoms with Gasteiger partial charge in [-0.3, -0.25) is 4.68 Å². The largest absolute Gasteiger partial charge is 0.305 e. The van der Waals surface area contributed by atoms with Crippen LogP contribution in [0.3, 0.4) is 0 Å². The number of hydrogen-bond donors (Lipinski definition) is 1. The Morgan fingerprint density at radius 3 is 2.67 bits per heavy atom. The van der Waals surface area contributed by atoms with Crippen LogP contribution < -0.4 is 5.32 Å². The summed E-state index contributed by atoms with van der Waals surface area (Å²) in [6.07, 6.45) is 5.68. The van der Waals surface area contributed by atoms with Gasteiger partial charge in [-0.1, -0.05) is 30.3 Å². The van der Waals surface area contributed by atoms with Gasteiger partial charge in [0.2, 0.25) is 0 Å². The number of aryl methyl sites for hydroxylation is 1. The molecule has 2 aromatic heterocycles. The van der Waals surface area contributed by atoms with Crippen LogP contribution in [0.15, 0.2) is 48.9 Å². The number of nitrogens with zero attached hydrogens (tertiary/aromatic N) is 5. The molecule has 108 valence electrons. The number of aromatic nitrogens is 5. The van der Waals surface area contributed by atoms with E-state index in [0.717, 1.165) is 23.5 Å². The summed E-state index contributed by atoms with van der Waals surface area (Å²) in [7, 11) is 1.92. The van der Waals surface area contributed by atoms with E-state index in [1.165, 1.54) is 0 Å². The number of rotatable bonds is 5. The van der Waals surface area contributed by atoms with E-state index in [9.17, 15) is 0 Å². The quantitative estimate of drug-likeness (QED) is 0.774. The fourth-order valence-electron chi connectivity index (χ4n) is 2.40. The molecule has 6 heteroatoms. The molecule has 0 saturated carbocycles.